The van der Waals surface area contributed by atoms with Crippen molar-refractivity contribution in [3.63, 3.8) is 0 Å². The lowest BCUT2D eigenvalue weighted by Gasteiger charge is -2.09. The van der Waals surface area contributed by atoms with Crippen LogP contribution in [0.2, 0.25) is 5.02 Å². The zero-order chi connectivity index (χ0) is 14.5. The number of amides is 1. The zero-order valence-electron chi connectivity index (χ0n) is 11.2. The van der Waals surface area contributed by atoms with E-state index in [1.807, 2.05) is 26.0 Å². The molecule has 1 aromatic carbocycles. The summed E-state index contributed by atoms with van der Waals surface area (Å²) in [4.78, 5) is 20.1. The summed E-state index contributed by atoms with van der Waals surface area (Å²) in [6, 6.07) is 8.78. The molecule has 0 saturated carbocycles. The van der Waals surface area contributed by atoms with Crippen molar-refractivity contribution in [2.45, 2.75) is 19.9 Å². The van der Waals surface area contributed by atoms with Crippen molar-refractivity contribution in [2.75, 3.05) is 5.32 Å². The summed E-state index contributed by atoms with van der Waals surface area (Å²) in [6.07, 6.45) is 1.54. The number of hydrogen-bond acceptors (Lipinski definition) is 4. The molecular weight excluding hydrogens is 276 g/mol. The van der Waals surface area contributed by atoms with Crippen LogP contribution in [-0.4, -0.2) is 21.9 Å². The van der Waals surface area contributed by atoms with Gasteiger partial charge in [-0.1, -0.05) is 11.6 Å². The van der Waals surface area contributed by atoms with E-state index in [0.717, 1.165) is 5.69 Å². The van der Waals surface area contributed by atoms with Crippen molar-refractivity contribution in [3.05, 3.63) is 47.2 Å². The molecule has 20 heavy (non-hydrogen) atoms. The maximum absolute atomic E-state index is 11.9. The van der Waals surface area contributed by atoms with E-state index in [9.17, 15) is 4.79 Å². The normalized spacial score (nSPS) is 10.4. The van der Waals surface area contributed by atoms with Gasteiger partial charge >= 0.3 is 0 Å². The number of carbonyl (C=O) groups excluding carboxylic acids is 1. The summed E-state index contributed by atoms with van der Waals surface area (Å²) in [5.74, 6) is 0.144. The fraction of sp³-hybridized carbons (Fsp3) is 0.214. The first-order chi connectivity index (χ1) is 9.54. The Bertz CT molecular complexity index is 598. The fourth-order valence-electron chi connectivity index (χ4n) is 1.54. The third kappa shape index (κ3) is 3.93. The summed E-state index contributed by atoms with van der Waals surface area (Å²) < 4.78 is 0. The van der Waals surface area contributed by atoms with Crippen LogP contribution in [0.3, 0.4) is 0 Å². The molecular formula is C14H15ClN4O. The van der Waals surface area contributed by atoms with Crippen molar-refractivity contribution in [3.8, 4) is 0 Å². The van der Waals surface area contributed by atoms with Crippen LogP contribution in [0.5, 0.6) is 0 Å². The molecule has 0 aliphatic heterocycles. The van der Waals surface area contributed by atoms with Crippen LogP contribution in [0.4, 0.5) is 11.6 Å². The lowest BCUT2D eigenvalue weighted by atomic mass is 10.3. The topological polar surface area (TPSA) is 66.9 Å². The van der Waals surface area contributed by atoms with Gasteiger partial charge in [0.25, 0.3) is 5.91 Å². The van der Waals surface area contributed by atoms with E-state index >= 15 is 0 Å². The van der Waals surface area contributed by atoms with E-state index in [-0.39, 0.29) is 11.9 Å². The second kappa shape index (κ2) is 6.34. The highest BCUT2D eigenvalue weighted by molar-refractivity contribution is 6.30. The molecule has 0 saturated heterocycles. The van der Waals surface area contributed by atoms with Gasteiger partial charge in [0.05, 0.1) is 0 Å². The average Bonchev–Trinajstić information content (AvgIpc) is 2.41. The quantitative estimate of drug-likeness (QED) is 0.908. The Morgan fingerprint density at radius 3 is 2.55 bits per heavy atom. The minimum Gasteiger partial charge on any atom is -0.349 e. The van der Waals surface area contributed by atoms with E-state index in [1.54, 1.807) is 24.4 Å². The van der Waals surface area contributed by atoms with Gasteiger partial charge in [-0.2, -0.15) is 0 Å². The van der Waals surface area contributed by atoms with E-state index in [1.165, 1.54) is 0 Å². The Morgan fingerprint density at radius 1 is 1.20 bits per heavy atom. The number of carbonyl (C=O) groups is 1. The molecule has 1 heterocycles. The number of benzene rings is 1. The summed E-state index contributed by atoms with van der Waals surface area (Å²) >= 11 is 5.82. The van der Waals surface area contributed by atoms with Crippen LogP contribution in [0, 0.1) is 0 Å². The van der Waals surface area contributed by atoms with Gasteiger partial charge < -0.3 is 10.6 Å². The molecule has 0 unspecified atom stereocenters. The Balaban J connectivity index is 2.13. The third-order valence-corrected chi connectivity index (χ3v) is 2.66. The minimum atomic E-state index is -0.221. The maximum atomic E-state index is 11.9. The predicted octanol–water partition coefficient (Wildman–Crippen LogP) is 3.01. The van der Waals surface area contributed by atoms with E-state index < -0.39 is 0 Å². The summed E-state index contributed by atoms with van der Waals surface area (Å²) in [5.41, 5.74) is 1.13. The average molecular weight is 291 g/mol. The Labute approximate surface area is 122 Å². The van der Waals surface area contributed by atoms with Crippen molar-refractivity contribution < 1.29 is 4.79 Å². The molecule has 2 aromatic rings. The van der Waals surface area contributed by atoms with Crippen LogP contribution in [0.15, 0.2) is 36.5 Å². The van der Waals surface area contributed by atoms with Crippen molar-refractivity contribution in [1.29, 1.82) is 0 Å². The van der Waals surface area contributed by atoms with Gasteiger partial charge in [0.2, 0.25) is 5.95 Å². The molecule has 1 amide bonds. The van der Waals surface area contributed by atoms with Gasteiger partial charge in [0, 0.05) is 22.9 Å². The molecule has 0 spiro atoms. The van der Waals surface area contributed by atoms with Gasteiger partial charge in [-0.3, -0.25) is 4.79 Å². The highest BCUT2D eigenvalue weighted by atomic mass is 35.5. The standard InChI is InChI=1S/C14H15ClN4O/c1-9(2)17-13(20)12-7-8-16-14(19-12)18-11-5-3-10(15)4-6-11/h3-9H,1-2H3,(H,17,20)(H,16,18,19). The highest BCUT2D eigenvalue weighted by Gasteiger charge is 2.09. The van der Waals surface area contributed by atoms with Crippen LogP contribution in [0.1, 0.15) is 24.3 Å². The first-order valence-electron chi connectivity index (χ1n) is 6.21. The molecule has 6 heteroatoms. The number of hydrogen-bond donors (Lipinski definition) is 2. The third-order valence-electron chi connectivity index (χ3n) is 2.41. The second-order valence-electron chi connectivity index (χ2n) is 4.53. The second-order valence-corrected chi connectivity index (χ2v) is 4.96. The number of halogens is 1. The Kier molecular flexibility index (Phi) is 4.53. The summed E-state index contributed by atoms with van der Waals surface area (Å²) in [5, 5.41) is 6.46. The summed E-state index contributed by atoms with van der Waals surface area (Å²) in [7, 11) is 0. The van der Waals surface area contributed by atoms with Gasteiger partial charge in [-0.25, -0.2) is 9.97 Å². The predicted molar refractivity (Wildman–Crippen MR) is 79.4 cm³/mol. The van der Waals surface area contributed by atoms with Crippen molar-refractivity contribution in [2.24, 2.45) is 0 Å². The smallest absolute Gasteiger partial charge is 0.270 e. The molecule has 0 aliphatic carbocycles. The SMILES string of the molecule is CC(C)NC(=O)c1ccnc(Nc2ccc(Cl)cc2)n1. The van der Waals surface area contributed by atoms with Gasteiger partial charge in [-0.15, -0.1) is 0 Å². The fourth-order valence-corrected chi connectivity index (χ4v) is 1.67. The molecule has 0 bridgehead atoms. The molecule has 1 aromatic heterocycles. The molecule has 2 N–H and O–H groups in total. The first-order valence-corrected chi connectivity index (χ1v) is 6.59. The maximum Gasteiger partial charge on any atom is 0.270 e. The number of anilines is 2. The van der Waals surface area contributed by atoms with E-state index in [0.29, 0.717) is 16.7 Å². The van der Waals surface area contributed by atoms with Crippen LogP contribution < -0.4 is 10.6 Å². The monoisotopic (exact) mass is 290 g/mol. The molecule has 5 nitrogen and oxygen atoms in total. The van der Waals surface area contributed by atoms with Gasteiger partial charge in [0.1, 0.15) is 5.69 Å². The van der Waals surface area contributed by atoms with Gasteiger partial charge in [-0.05, 0) is 44.2 Å². The summed E-state index contributed by atoms with van der Waals surface area (Å²) in [6.45, 7) is 3.79. The van der Waals surface area contributed by atoms with Crippen molar-refractivity contribution >= 4 is 29.1 Å². The molecule has 0 fully saturated rings. The molecule has 0 atom stereocenters. The van der Waals surface area contributed by atoms with Crippen LogP contribution in [-0.2, 0) is 0 Å². The van der Waals surface area contributed by atoms with E-state index in [4.69, 9.17) is 11.6 Å². The lowest BCUT2D eigenvalue weighted by Crippen LogP contribution is -2.30. The van der Waals surface area contributed by atoms with E-state index in [2.05, 4.69) is 20.6 Å². The molecule has 0 radical (unpaired) electrons. The molecule has 2 rings (SSSR count). The number of nitrogens with zero attached hydrogens (tertiary/aromatic N) is 2. The van der Waals surface area contributed by atoms with Crippen molar-refractivity contribution in [1.82, 2.24) is 15.3 Å². The van der Waals surface area contributed by atoms with Crippen LogP contribution in [0.25, 0.3) is 0 Å². The number of aromatic nitrogens is 2. The first kappa shape index (κ1) is 14.3. The largest absolute Gasteiger partial charge is 0.349 e. The van der Waals surface area contributed by atoms with Crippen LogP contribution >= 0.6 is 11.6 Å². The minimum absolute atomic E-state index is 0.0603. The molecule has 104 valence electrons. The Morgan fingerprint density at radius 2 is 1.90 bits per heavy atom. The van der Waals surface area contributed by atoms with Gasteiger partial charge in [0.15, 0.2) is 0 Å². The molecule has 0 aliphatic rings. The lowest BCUT2D eigenvalue weighted by molar-refractivity contribution is 0.0938. The zero-order valence-corrected chi connectivity index (χ0v) is 12.0. The highest BCUT2D eigenvalue weighted by Crippen LogP contribution is 2.16. The Hall–Kier alpha value is -2.14. The number of rotatable bonds is 4. The number of nitrogens with one attached hydrogen (secondary N) is 2.